The highest BCUT2D eigenvalue weighted by Crippen LogP contribution is 2.43. The third-order valence-corrected chi connectivity index (χ3v) is 4.43. The van der Waals surface area contributed by atoms with Gasteiger partial charge >= 0.3 is 0 Å². The first-order chi connectivity index (χ1) is 7.93. The fourth-order valence-electron chi connectivity index (χ4n) is 3.72. The molecular formula is C16H16. The summed E-state index contributed by atoms with van der Waals surface area (Å²) in [5.41, 5.74) is 4.94. The monoisotopic (exact) mass is 208 g/mol. The molecule has 0 radical (unpaired) electrons. The van der Waals surface area contributed by atoms with Crippen LogP contribution in [0.25, 0.3) is 10.8 Å². The van der Waals surface area contributed by atoms with Crippen LogP contribution < -0.4 is 0 Å². The zero-order valence-corrected chi connectivity index (χ0v) is 9.50. The topological polar surface area (TPSA) is 0 Å². The van der Waals surface area contributed by atoms with Crippen LogP contribution in [0.1, 0.15) is 41.9 Å². The Morgan fingerprint density at radius 2 is 1.88 bits per heavy atom. The van der Waals surface area contributed by atoms with E-state index in [2.05, 4.69) is 30.3 Å². The molecule has 0 fully saturated rings. The van der Waals surface area contributed by atoms with E-state index in [1.54, 1.807) is 22.1 Å². The lowest BCUT2D eigenvalue weighted by Crippen LogP contribution is -2.15. The van der Waals surface area contributed by atoms with Crippen LogP contribution in [0.15, 0.2) is 30.3 Å². The molecule has 0 N–H and O–H groups in total. The van der Waals surface area contributed by atoms with E-state index >= 15 is 0 Å². The van der Waals surface area contributed by atoms with Gasteiger partial charge in [-0.25, -0.2) is 0 Å². The van der Waals surface area contributed by atoms with Gasteiger partial charge in [0.2, 0.25) is 0 Å². The third kappa shape index (κ3) is 1.05. The molecule has 0 saturated heterocycles. The van der Waals surface area contributed by atoms with E-state index in [0.717, 1.165) is 5.92 Å². The summed E-state index contributed by atoms with van der Waals surface area (Å²) in [6.45, 7) is 0. The van der Waals surface area contributed by atoms with E-state index in [9.17, 15) is 0 Å². The van der Waals surface area contributed by atoms with Crippen LogP contribution in [0, 0.1) is 0 Å². The van der Waals surface area contributed by atoms with Crippen molar-refractivity contribution in [2.45, 2.75) is 38.0 Å². The average Bonchev–Trinajstić information content (AvgIpc) is 2.36. The van der Waals surface area contributed by atoms with Crippen molar-refractivity contribution in [1.82, 2.24) is 0 Å². The summed E-state index contributed by atoms with van der Waals surface area (Å²) in [5, 5.41) is 3.07. The van der Waals surface area contributed by atoms with Crippen LogP contribution in [0.4, 0.5) is 0 Å². The zero-order chi connectivity index (χ0) is 10.5. The Morgan fingerprint density at radius 3 is 2.88 bits per heavy atom. The smallest absolute Gasteiger partial charge is 0.0114 e. The van der Waals surface area contributed by atoms with Gasteiger partial charge in [0.25, 0.3) is 0 Å². The summed E-state index contributed by atoms with van der Waals surface area (Å²) < 4.78 is 0. The molecule has 2 aromatic carbocycles. The molecule has 4 rings (SSSR count). The molecule has 0 aromatic heterocycles. The molecule has 0 heterocycles. The van der Waals surface area contributed by atoms with Gasteiger partial charge in [-0.2, -0.15) is 0 Å². The van der Waals surface area contributed by atoms with Crippen LogP contribution in [0.2, 0.25) is 0 Å². The maximum absolute atomic E-state index is 2.37. The van der Waals surface area contributed by atoms with Crippen molar-refractivity contribution >= 4 is 10.8 Å². The Bertz CT molecular complexity index is 566. The summed E-state index contributed by atoms with van der Waals surface area (Å²) in [6, 6.07) is 11.5. The highest BCUT2D eigenvalue weighted by atomic mass is 14.3. The molecule has 1 atom stereocenters. The molecular weight excluding hydrogens is 192 g/mol. The van der Waals surface area contributed by atoms with Crippen LogP contribution in [-0.4, -0.2) is 0 Å². The largest absolute Gasteiger partial charge is 0.0614 e. The van der Waals surface area contributed by atoms with Crippen molar-refractivity contribution in [3.8, 4) is 0 Å². The molecule has 2 aromatic rings. The minimum Gasteiger partial charge on any atom is -0.0614 e. The molecule has 2 aliphatic rings. The molecule has 2 aliphatic carbocycles. The fraction of sp³-hybridized carbons (Fsp3) is 0.375. The Labute approximate surface area is 96.3 Å². The predicted octanol–water partition coefficient (Wildman–Crippen LogP) is 4.21. The van der Waals surface area contributed by atoms with Gasteiger partial charge in [-0.15, -0.1) is 0 Å². The predicted molar refractivity (Wildman–Crippen MR) is 67.9 cm³/mol. The van der Waals surface area contributed by atoms with Crippen molar-refractivity contribution in [3.63, 3.8) is 0 Å². The van der Waals surface area contributed by atoms with Crippen LogP contribution in [0.5, 0.6) is 0 Å². The average molecular weight is 208 g/mol. The van der Waals surface area contributed by atoms with E-state index in [-0.39, 0.29) is 0 Å². The van der Waals surface area contributed by atoms with Crippen molar-refractivity contribution < 1.29 is 0 Å². The Balaban J connectivity index is 2.17. The highest BCUT2D eigenvalue weighted by molar-refractivity contribution is 5.91. The molecule has 0 nitrogen and oxygen atoms in total. The molecule has 0 spiro atoms. The number of hydrogen-bond acceptors (Lipinski definition) is 0. The highest BCUT2D eigenvalue weighted by Gasteiger charge is 2.26. The lowest BCUT2D eigenvalue weighted by Gasteiger charge is -2.31. The lowest BCUT2D eigenvalue weighted by atomic mass is 9.73. The van der Waals surface area contributed by atoms with E-state index in [4.69, 9.17) is 0 Å². The van der Waals surface area contributed by atoms with Crippen molar-refractivity contribution in [3.05, 3.63) is 47.0 Å². The second-order valence-electron chi connectivity index (χ2n) is 5.28. The third-order valence-electron chi connectivity index (χ3n) is 4.43. The molecule has 1 unspecified atom stereocenters. The molecule has 80 valence electrons. The Morgan fingerprint density at radius 1 is 0.875 bits per heavy atom. The van der Waals surface area contributed by atoms with Crippen LogP contribution in [-0.2, 0) is 12.8 Å². The summed E-state index contributed by atoms with van der Waals surface area (Å²) in [7, 11) is 0. The Kier molecular flexibility index (Phi) is 1.71. The van der Waals surface area contributed by atoms with Crippen LogP contribution in [0.3, 0.4) is 0 Å². The molecule has 0 heteroatoms. The van der Waals surface area contributed by atoms with E-state index in [1.807, 2.05) is 0 Å². The second kappa shape index (κ2) is 3.10. The van der Waals surface area contributed by atoms with Gasteiger partial charge in [0, 0.05) is 0 Å². The maximum Gasteiger partial charge on any atom is -0.0114 e. The normalized spacial score (nSPS) is 22.4. The van der Waals surface area contributed by atoms with E-state index in [0.29, 0.717) is 0 Å². The van der Waals surface area contributed by atoms with Crippen molar-refractivity contribution in [1.29, 1.82) is 0 Å². The van der Waals surface area contributed by atoms with Gasteiger partial charge in [0.1, 0.15) is 0 Å². The van der Waals surface area contributed by atoms with Crippen molar-refractivity contribution in [2.75, 3.05) is 0 Å². The van der Waals surface area contributed by atoms with Gasteiger partial charge in [-0.3, -0.25) is 0 Å². The molecule has 16 heavy (non-hydrogen) atoms. The van der Waals surface area contributed by atoms with E-state index in [1.165, 1.54) is 37.5 Å². The fourth-order valence-corrected chi connectivity index (χ4v) is 3.72. The summed E-state index contributed by atoms with van der Waals surface area (Å²) in [4.78, 5) is 0. The van der Waals surface area contributed by atoms with Gasteiger partial charge in [-0.1, -0.05) is 30.3 Å². The quantitative estimate of drug-likeness (QED) is 0.608. The lowest BCUT2D eigenvalue weighted by molar-refractivity contribution is 0.516. The van der Waals surface area contributed by atoms with Gasteiger partial charge in [-0.05, 0) is 65.5 Å². The van der Waals surface area contributed by atoms with Gasteiger partial charge in [0.05, 0.1) is 0 Å². The number of rotatable bonds is 0. The first-order valence-electron chi connectivity index (χ1n) is 6.47. The number of hydrogen-bond donors (Lipinski definition) is 0. The molecule has 0 amide bonds. The Hall–Kier alpha value is -1.30. The van der Waals surface area contributed by atoms with Gasteiger partial charge < -0.3 is 0 Å². The minimum atomic E-state index is 0.863. The van der Waals surface area contributed by atoms with Gasteiger partial charge in [0.15, 0.2) is 0 Å². The summed E-state index contributed by atoms with van der Waals surface area (Å²) in [5.74, 6) is 0.863. The van der Waals surface area contributed by atoms with Crippen molar-refractivity contribution in [2.24, 2.45) is 0 Å². The molecule has 0 saturated carbocycles. The minimum absolute atomic E-state index is 0.863. The molecule has 0 bridgehead atoms. The standard InChI is InChI=1S/C16H16/c1-3-11-7-9-13-5-2-6-14-10-8-12(4-1)15(11)16(13)14/h1,3-4,7,9,14H,2,5-6,8,10H2. The number of benzene rings is 2. The van der Waals surface area contributed by atoms with E-state index < -0.39 is 0 Å². The first kappa shape index (κ1) is 8.81. The SMILES string of the molecule is c1cc2c3c4c(ccc3c1)CCCC4CC2. The maximum atomic E-state index is 2.37. The first-order valence-corrected chi connectivity index (χ1v) is 6.47. The summed E-state index contributed by atoms with van der Waals surface area (Å²) in [6.07, 6.45) is 6.78. The molecule has 0 aliphatic heterocycles. The summed E-state index contributed by atoms with van der Waals surface area (Å²) >= 11 is 0. The second-order valence-corrected chi connectivity index (χ2v) is 5.28. The van der Waals surface area contributed by atoms with Crippen LogP contribution >= 0.6 is 0 Å². The zero-order valence-electron chi connectivity index (χ0n) is 9.50. The number of aryl methyl sites for hydroxylation is 2.